The van der Waals surface area contributed by atoms with Crippen LogP contribution >= 0.6 is 23.8 Å². The summed E-state index contributed by atoms with van der Waals surface area (Å²) in [4.78, 5) is 34.8. The average molecular weight is 560 g/mol. The van der Waals surface area contributed by atoms with Gasteiger partial charge in [-0.05, 0) is 68.7 Å². The molecule has 38 heavy (non-hydrogen) atoms. The third-order valence-electron chi connectivity index (χ3n) is 6.79. The number of halogens is 1. The normalized spacial score (nSPS) is 18.7. The summed E-state index contributed by atoms with van der Waals surface area (Å²) in [6.07, 6.45) is -0.0324. The van der Waals surface area contributed by atoms with Crippen molar-refractivity contribution in [2.75, 3.05) is 70.2 Å². The Morgan fingerprint density at radius 2 is 1.82 bits per heavy atom. The Morgan fingerprint density at radius 1 is 1.11 bits per heavy atom. The molecule has 2 saturated heterocycles. The SMILES string of the molecule is CCOc1ccc(NC(=O)C[C@H]2C(=O)N(c3ccc(OC)c(Cl)c3)C(=S)N2CCN2CCN(C)CC2)cc1. The first-order chi connectivity index (χ1) is 18.3. The third kappa shape index (κ3) is 6.55. The van der Waals surface area contributed by atoms with Gasteiger partial charge in [0.15, 0.2) is 5.11 Å². The van der Waals surface area contributed by atoms with Crippen LogP contribution in [0.3, 0.4) is 0 Å². The van der Waals surface area contributed by atoms with Crippen molar-refractivity contribution in [3.05, 3.63) is 47.5 Å². The Bertz CT molecular complexity index is 1160. The van der Waals surface area contributed by atoms with E-state index in [2.05, 4.69) is 22.2 Å². The zero-order valence-corrected chi connectivity index (χ0v) is 23.6. The van der Waals surface area contributed by atoms with E-state index >= 15 is 0 Å². The molecule has 2 aliphatic rings. The number of amides is 2. The van der Waals surface area contributed by atoms with E-state index in [0.29, 0.717) is 40.4 Å². The fourth-order valence-electron chi connectivity index (χ4n) is 4.63. The first-order valence-corrected chi connectivity index (χ1v) is 13.5. The van der Waals surface area contributed by atoms with Crippen molar-refractivity contribution < 1.29 is 19.1 Å². The molecule has 0 aromatic heterocycles. The van der Waals surface area contributed by atoms with Crippen LogP contribution in [0.4, 0.5) is 11.4 Å². The van der Waals surface area contributed by atoms with Crippen LogP contribution in [0.5, 0.6) is 11.5 Å². The highest BCUT2D eigenvalue weighted by Gasteiger charge is 2.44. The topological polar surface area (TPSA) is 77.6 Å². The molecule has 0 radical (unpaired) electrons. The van der Waals surface area contributed by atoms with Gasteiger partial charge in [0.1, 0.15) is 17.5 Å². The molecule has 2 aromatic carbocycles. The summed E-state index contributed by atoms with van der Waals surface area (Å²) in [5, 5.41) is 3.64. The summed E-state index contributed by atoms with van der Waals surface area (Å²) in [6, 6.07) is 11.5. The van der Waals surface area contributed by atoms with E-state index in [1.54, 1.807) is 42.5 Å². The lowest BCUT2D eigenvalue weighted by molar-refractivity contribution is -0.124. The molecule has 1 atom stereocenters. The van der Waals surface area contributed by atoms with Crippen molar-refractivity contribution in [1.29, 1.82) is 0 Å². The number of anilines is 2. The van der Waals surface area contributed by atoms with E-state index in [0.717, 1.165) is 38.5 Å². The number of piperazine rings is 1. The van der Waals surface area contributed by atoms with Crippen molar-refractivity contribution >= 4 is 52.1 Å². The molecule has 11 heteroatoms. The number of hydrogen-bond donors (Lipinski definition) is 1. The molecule has 204 valence electrons. The Hall–Kier alpha value is -2.92. The maximum absolute atomic E-state index is 13.7. The predicted octanol–water partition coefficient (Wildman–Crippen LogP) is 3.33. The van der Waals surface area contributed by atoms with E-state index in [4.69, 9.17) is 33.3 Å². The van der Waals surface area contributed by atoms with E-state index in [1.807, 2.05) is 11.8 Å². The van der Waals surface area contributed by atoms with Gasteiger partial charge < -0.3 is 24.6 Å². The van der Waals surface area contributed by atoms with Crippen molar-refractivity contribution in [3.63, 3.8) is 0 Å². The second-order valence-electron chi connectivity index (χ2n) is 9.34. The van der Waals surface area contributed by atoms with Gasteiger partial charge in [0.25, 0.3) is 5.91 Å². The lowest BCUT2D eigenvalue weighted by Crippen LogP contribution is -2.48. The highest BCUT2D eigenvalue weighted by atomic mass is 35.5. The van der Waals surface area contributed by atoms with E-state index in [9.17, 15) is 9.59 Å². The summed E-state index contributed by atoms with van der Waals surface area (Å²) < 4.78 is 10.7. The number of ether oxygens (including phenoxy) is 2. The van der Waals surface area contributed by atoms with Crippen molar-refractivity contribution in [1.82, 2.24) is 14.7 Å². The summed E-state index contributed by atoms with van der Waals surface area (Å²) in [5.74, 6) is 0.711. The van der Waals surface area contributed by atoms with Crippen molar-refractivity contribution in [2.45, 2.75) is 19.4 Å². The van der Waals surface area contributed by atoms with E-state index in [1.165, 1.54) is 12.0 Å². The molecule has 0 bridgehead atoms. The molecule has 1 N–H and O–H groups in total. The minimum absolute atomic E-state index is 0.0324. The second-order valence-corrected chi connectivity index (χ2v) is 10.1. The number of hydrogen-bond acceptors (Lipinski definition) is 7. The van der Waals surface area contributed by atoms with Crippen LogP contribution in [0.1, 0.15) is 13.3 Å². The highest BCUT2D eigenvalue weighted by Crippen LogP contribution is 2.33. The lowest BCUT2D eigenvalue weighted by atomic mass is 10.1. The van der Waals surface area contributed by atoms with Crippen molar-refractivity contribution in [3.8, 4) is 11.5 Å². The smallest absolute Gasteiger partial charge is 0.256 e. The van der Waals surface area contributed by atoms with Gasteiger partial charge in [0.2, 0.25) is 5.91 Å². The summed E-state index contributed by atoms with van der Waals surface area (Å²) in [5.41, 5.74) is 1.18. The molecule has 2 aromatic rings. The molecule has 9 nitrogen and oxygen atoms in total. The largest absolute Gasteiger partial charge is 0.495 e. The monoisotopic (exact) mass is 559 g/mol. The number of carbonyl (C=O) groups is 2. The van der Waals surface area contributed by atoms with Gasteiger partial charge >= 0.3 is 0 Å². The molecule has 0 spiro atoms. The molecule has 2 aliphatic heterocycles. The summed E-state index contributed by atoms with van der Waals surface area (Å²) in [7, 11) is 3.65. The van der Waals surface area contributed by atoms with Crippen LogP contribution in [-0.2, 0) is 9.59 Å². The van der Waals surface area contributed by atoms with Crippen molar-refractivity contribution in [2.24, 2.45) is 0 Å². The number of methoxy groups -OCH3 is 1. The minimum atomic E-state index is -0.724. The fraction of sp³-hybridized carbons (Fsp3) is 0.444. The Balaban J connectivity index is 1.51. The summed E-state index contributed by atoms with van der Waals surface area (Å²) >= 11 is 12.1. The highest BCUT2D eigenvalue weighted by molar-refractivity contribution is 7.80. The van der Waals surface area contributed by atoms with Gasteiger partial charge in [-0.3, -0.25) is 19.4 Å². The quantitative estimate of drug-likeness (QED) is 0.444. The van der Waals surface area contributed by atoms with Gasteiger partial charge in [-0.2, -0.15) is 0 Å². The zero-order chi connectivity index (χ0) is 27.2. The van der Waals surface area contributed by atoms with Crippen LogP contribution in [0.15, 0.2) is 42.5 Å². The Kier molecular flexibility index (Phi) is 9.43. The number of nitrogens with zero attached hydrogens (tertiary/aromatic N) is 4. The Labute approximate surface area is 234 Å². The van der Waals surface area contributed by atoms with Gasteiger partial charge in [0, 0.05) is 45.0 Å². The fourth-order valence-corrected chi connectivity index (χ4v) is 5.29. The summed E-state index contributed by atoms with van der Waals surface area (Å²) in [6.45, 7) is 7.65. The minimum Gasteiger partial charge on any atom is -0.495 e. The van der Waals surface area contributed by atoms with Gasteiger partial charge in [-0.25, -0.2) is 0 Å². The lowest BCUT2D eigenvalue weighted by Gasteiger charge is -2.34. The van der Waals surface area contributed by atoms with Gasteiger partial charge in [0.05, 0.1) is 30.8 Å². The van der Waals surface area contributed by atoms with Gasteiger partial charge in [-0.1, -0.05) is 11.6 Å². The first kappa shape index (κ1) is 28.1. The average Bonchev–Trinajstić information content (AvgIpc) is 3.13. The molecule has 4 rings (SSSR count). The van der Waals surface area contributed by atoms with Crippen LogP contribution < -0.4 is 19.7 Å². The zero-order valence-electron chi connectivity index (χ0n) is 22.0. The van der Waals surface area contributed by atoms with E-state index < -0.39 is 6.04 Å². The molecule has 2 amide bonds. The van der Waals surface area contributed by atoms with Gasteiger partial charge in [-0.15, -0.1) is 0 Å². The Morgan fingerprint density at radius 3 is 2.45 bits per heavy atom. The standard InChI is InChI=1S/C27H34ClN5O4S/c1-4-37-21-8-5-19(6-9-21)29-25(34)18-23-26(35)33(20-7-10-24(36-3)22(28)17-20)27(38)32(23)16-15-31-13-11-30(2)12-14-31/h5-10,17,23H,4,11-16,18H2,1-3H3,(H,29,34)/t23-/m0/s1. The predicted molar refractivity (Wildman–Crippen MR) is 153 cm³/mol. The van der Waals surface area contributed by atoms with E-state index in [-0.39, 0.29) is 18.2 Å². The van der Waals surface area contributed by atoms with Crippen LogP contribution in [0.25, 0.3) is 0 Å². The van der Waals surface area contributed by atoms with Crippen LogP contribution in [0.2, 0.25) is 5.02 Å². The maximum atomic E-state index is 13.7. The molecule has 0 aliphatic carbocycles. The van der Waals surface area contributed by atoms with Crippen LogP contribution in [0, 0.1) is 0 Å². The maximum Gasteiger partial charge on any atom is 0.256 e. The number of likely N-dealkylation sites (N-methyl/N-ethyl adjacent to an activating group) is 1. The number of nitrogens with one attached hydrogen (secondary N) is 1. The van der Waals surface area contributed by atoms with Crippen LogP contribution in [-0.4, -0.2) is 97.7 Å². The first-order valence-electron chi connectivity index (χ1n) is 12.7. The number of thiocarbonyl (C=S) groups is 1. The number of rotatable bonds is 10. The number of benzene rings is 2. The molecule has 2 heterocycles. The third-order valence-corrected chi connectivity index (χ3v) is 7.51. The second kappa shape index (κ2) is 12.8. The molecular formula is C27H34ClN5O4S. The molecule has 0 unspecified atom stereocenters. The molecule has 0 saturated carbocycles. The number of carbonyl (C=O) groups excluding carboxylic acids is 2. The molecule has 2 fully saturated rings. The molecular weight excluding hydrogens is 526 g/mol.